The summed E-state index contributed by atoms with van der Waals surface area (Å²) in [5.74, 6) is 0.992. The number of fused-ring (bicyclic) bond motifs is 2. The van der Waals surface area contributed by atoms with Crippen LogP contribution in [0.1, 0.15) is 50.8 Å². The molecule has 2 aromatic carbocycles. The number of halogens is 3. The zero-order valence-electron chi connectivity index (χ0n) is 22.4. The van der Waals surface area contributed by atoms with Crippen molar-refractivity contribution in [1.29, 1.82) is 0 Å². The first-order valence-electron chi connectivity index (χ1n) is 13.2. The van der Waals surface area contributed by atoms with Crippen LogP contribution in [0.5, 0.6) is 0 Å². The van der Waals surface area contributed by atoms with Gasteiger partial charge in [0.15, 0.2) is 5.65 Å². The average molecular weight is 680 g/mol. The van der Waals surface area contributed by atoms with Gasteiger partial charge in [0, 0.05) is 34.8 Å². The zero-order chi connectivity index (χ0) is 28.2. The number of hydrogen-bond acceptors (Lipinski definition) is 6. The molecule has 2 aliphatic rings. The van der Waals surface area contributed by atoms with Gasteiger partial charge in [-0.2, -0.15) is 0 Å². The summed E-state index contributed by atoms with van der Waals surface area (Å²) in [5, 5.41) is 1.77. The van der Waals surface area contributed by atoms with Crippen molar-refractivity contribution < 1.29 is 4.55 Å². The van der Waals surface area contributed by atoms with Crippen LogP contribution in [0.3, 0.4) is 0 Å². The van der Waals surface area contributed by atoms with Gasteiger partial charge in [-0.1, -0.05) is 65.3 Å². The molecular weight excluding hydrogens is 649 g/mol. The lowest BCUT2D eigenvalue weighted by Gasteiger charge is -2.44. The minimum Gasteiger partial charge on any atom is -0.598 e. The monoisotopic (exact) mass is 677 g/mol. The second-order valence-corrected chi connectivity index (χ2v) is 16.1. The fraction of sp³-hybridized carbons (Fsp3) is 0.379. The number of H-pyrrole nitrogens is 1. The average Bonchev–Trinajstić information content (AvgIpc) is 3.41. The van der Waals surface area contributed by atoms with Gasteiger partial charge in [-0.3, -0.25) is 0 Å². The Hall–Kier alpha value is -1.46. The van der Waals surface area contributed by atoms with Crippen LogP contribution in [-0.4, -0.2) is 37.3 Å². The predicted molar refractivity (Wildman–Crippen MR) is 170 cm³/mol. The summed E-state index contributed by atoms with van der Waals surface area (Å²) >= 11 is 16.7. The third-order valence-electron chi connectivity index (χ3n) is 7.91. The largest absolute Gasteiger partial charge is 0.598 e. The van der Waals surface area contributed by atoms with Gasteiger partial charge in [-0.15, -0.1) is 4.72 Å². The molecule has 2 atom stereocenters. The molecule has 3 heterocycles. The van der Waals surface area contributed by atoms with E-state index in [4.69, 9.17) is 28.2 Å². The van der Waals surface area contributed by atoms with Crippen LogP contribution in [0.2, 0.25) is 10.0 Å². The Morgan fingerprint density at radius 3 is 2.65 bits per heavy atom. The minimum absolute atomic E-state index is 0.0239. The molecule has 6 rings (SSSR count). The third-order valence-corrected chi connectivity index (χ3v) is 12.1. The molecule has 40 heavy (non-hydrogen) atoms. The third kappa shape index (κ3) is 5.27. The highest BCUT2D eigenvalue weighted by Gasteiger charge is 2.50. The van der Waals surface area contributed by atoms with Crippen molar-refractivity contribution in [2.75, 3.05) is 18.0 Å². The number of nitrogens with zero attached hydrogens (tertiary/aromatic N) is 3. The van der Waals surface area contributed by atoms with E-state index in [1.807, 2.05) is 32.9 Å². The Morgan fingerprint density at radius 2 is 1.90 bits per heavy atom. The topological polar surface area (TPSA) is 79.9 Å². The molecule has 4 aromatic rings. The first-order valence-corrected chi connectivity index (χ1v) is 16.7. The molecule has 2 N–H and O–H groups in total. The molecule has 1 spiro atoms. The summed E-state index contributed by atoms with van der Waals surface area (Å²) in [6.45, 7) is 7.82. The van der Waals surface area contributed by atoms with Crippen molar-refractivity contribution in [2.45, 2.75) is 60.7 Å². The van der Waals surface area contributed by atoms with Crippen LogP contribution < -0.4 is 9.62 Å². The highest BCUT2D eigenvalue weighted by atomic mass is 79.9. The number of benzene rings is 2. The van der Waals surface area contributed by atoms with Crippen LogP contribution in [0.25, 0.3) is 11.2 Å². The van der Waals surface area contributed by atoms with Gasteiger partial charge in [-0.25, -0.2) is 9.97 Å². The molecule has 0 amide bonds. The predicted octanol–water partition coefficient (Wildman–Crippen LogP) is 8.11. The van der Waals surface area contributed by atoms with Gasteiger partial charge in [0.25, 0.3) is 0 Å². The molecule has 6 nitrogen and oxygen atoms in total. The molecule has 0 radical (unpaired) electrons. The molecule has 0 unspecified atom stereocenters. The molecule has 210 valence electrons. The van der Waals surface area contributed by atoms with E-state index in [2.05, 4.69) is 59.8 Å². The fourth-order valence-corrected chi connectivity index (χ4v) is 8.60. The molecule has 1 fully saturated rings. The standard InChI is InChI=1S/C29H30BrCl2N5OS2/c1-28(2,3)40(38)36-25-18-8-5-4-7-17(18)15-29(25)11-13-37(14-12-29)27-22(30)24-26(35-27)33-16-21(34-24)39-20-10-6-9-19(31)23(20)32/h4-10,16,25,36H,11-15H2,1-3H3,(H,33,35)/t25-,40-/m1/s1. The number of aromatic amines is 1. The normalized spacial score (nSPS) is 19.4. The molecule has 2 aromatic heterocycles. The van der Waals surface area contributed by atoms with Crippen molar-refractivity contribution in [2.24, 2.45) is 5.41 Å². The Morgan fingerprint density at radius 1 is 1.15 bits per heavy atom. The minimum atomic E-state index is -1.15. The molecule has 1 aliphatic heterocycles. The van der Waals surface area contributed by atoms with Gasteiger partial charge in [0.1, 0.15) is 21.1 Å². The van der Waals surface area contributed by atoms with Crippen molar-refractivity contribution in [3.63, 3.8) is 0 Å². The van der Waals surface area contributed by atoms with E-state index in [9.17, 15) is 4.55 Å². The van der Waals surface area contributed by atoms with Crippen LogP contribution in [-0.2, 0) is 17.8 Å². The number of rotatable bonds is 5. The van der Waals surface area contributed by atoms with E-state index in [-0.39, 0.29) is 16.2 Å². The van der Waals surface area contributed by atoms with Crippen LogP contribution in [0.4, 0.5) is 5.82 Å². The van der Waals surface area contributed by atoms with Crippen LogP contribution in [0.15, 0.2) is 63.1 Å². The van der Waals surface area contributed by atoms with E-state index >= 15 is 0 Å². The van der Waals surface area contributed by atoms with Crippen LogP contribution >= 0.6 is 50.9 Å². The summed E-state index contributed by atoms with van der Waals surface area (Å²) < 4.78 is 17.3. The highest BCUT2D eigenvalue weighted by Crippen LogP contribution is 2.53. The van der Waals surface area contributed by atoms with Gasteiger partial charge < -0.3 is 14.4 Å². The van der Waals surface area contributed by atoms with Gasteiger partial charge in [-0.05, 0) is 79.2 Å². The molecule has 0 bridgehead atoms. The van der Waals surface area contributed by atoms with Gasteiger partial charge in [0.05, 0.1) is 26.8 Å². The first kappa shape index (κ1) is 28.6. The van der Waals surface area contributed by atoms with Gasteiger partial charge >= 0.3 is 0 Å². The summed E-state index contributed by atoms with van der Waals surface area (Å²) in [4.78, 5) is 16.2. The highest BCUT2D eigenvalue weighted by molar-refractivity contribution is 9.10. The molecule has 0 saturated carbocycles. The number of hydrogen-bond donors (Lipinski definition) is 2. The van der Waals surface area contributed by atoms with E-state index < -0.39 is 11.4 Å². The van der Waals surface area contributed by atoms with Gasteiger partial charge in [0.2, 0.25) is 0 Å². The maximum absolute atomic E-state index is 13.2. The zero-order valence-corrected chi connectivity index (χ0v) is 27.2. The lowest BCUT2D eigenvalue weighted by Crippen LogP contribution is -2.49. The van der Waals surface area contributed by atoms with Crippen molar-refractivity contribution in [3.8, 4) is 0 Å². The van der Waals surface area contributed by atoms with E-state index in [1.54, 1.807) is 12.3 Å². The Labute approximate surface area is 260 Å². The Balaban J connectivity index is 1.23. The van der Waals surface area contributed by atoms with E-state index in [1.165, 1.54) is 22.9 Å². The quantitative estimate of drug-likeness (QED) is 0.208. The summed E-state index contributed by atoms with van der Waals surface area (Å²) in [5.41, 5.74) is 4.20. The molecule has 1 aliphatic carbocycles. The maximum atomic E-state index is 13.2. The first-order chi connectivity index (χ1) is 19.1. The Bertz CT molecular complexity index is 1570. The summed E-state index contributed by atoms with van der Waals surface area (Å²) in [6, 6.07) is 14.3. The number of nitrogens with one attached hydrogen (secondary N) is 2. The van der Waals surface area contributed by atoms with Crippen molar-refractivity contribution >= 4 is 79.2 Å². The fourth-order valence-electron chi connectivity index (χ4n) is 5.74. The lowest BCUT2D eigenvalue weighted by molar-refractivity contribution is 0.176. The maximum Gasteiger partial charge on any atom is 0.158 e. The number of aromatic nitrogens is 3. The van der Waals surface area contributed by atoms with Crippen molar-refractivity contribution in [3.05, 3.63) is 74.3 Å². The molecular formula is C29H30BrCl2N5OS2. The van der Waals surface area contributed by atoms with Crippen molar-refractivity contribution in [1.82, 2.24) is 19.7 Å². The molecule has 1 saturated heterocycles. The second-order valence-electron chi connectivity index (χ2n) is 11.5. The van der Waals surface area contributed by atoms with E-state index in [0.29, 0.717) is 10.0 Å². The summed E-state index contributed by atoms with van der Waals surface area (Å²) in [6.07, 6.45) is 4.72. The van der Waals surface area contributed by atoms with E-state index in [0.717, 1.165) is 63.7 Å². The molecule has 11 heteroatoms. The smallest absolute Gasteiger partial charge is 0.158 e. The Kier molecular flexibility index (Phi) is 7.87. The van der Waals surface area contributed by atoms with Crippen LogP contribution in [0, 0.1) is 5.41 Å². The lowest BCUT2D eigenvalue weighted by atomic mass is 9.73. The second kappa shape index (κ2) is 11.0. The number of piperidine rings is 1. The SMILES string of the molecule is CC(C)(C)[S@@+]([O-])N[C@@H]1c2ccccc2CC12CCN(c1[nH]c3ncc(Sc4cccc(Cl)c4Cl)nc3c1Br)CC2. The summed E-state index contributed by atoms with van der Waals surface area (Å²) in [7, 11) is 0. The number of anilines is 1.